The normalized spacial score (nSPS) is 16.5. The molecule has 0 amide bonds. The molecular weight excluding hydrogens is 252 g/mol. The molecule has 0 unspecified atom stereocenters. The van der Waals surface area contributed by atoms with E-state index in [1.54, 1.807) is 0 Å². The molecule has 1 aliphatic heterocycles. The van der Waals surface area contributed by atoms with E-state index < -0.39 is 0 Å². The predicted molar refractivity (Wildman–Crippen MR) is 77.9 cm³/mol. The molecule has 1 aromatic heterocycles. The van der Waals surface area contributed by atoms with Gasteiger partial charge >= 0.3 is 0 Å². The Balaban J connectivity index is 1.89. The molecule has 106 valence electrons. The quantitative estimate of drug-likeness (QED) is 0.913. The van der Waals surface area contributed by atoms with E-state index in [9.17, 15) is 5.11 Å². The van der Waals surface area contributed by atoms with Crippen LogP contribution in [0.2, 0.25) is 0 Å². The summed E-state index contributed by atoms with van der Waals surface area (Å²) in [5.41, 5.74) is 4.01. The van der Waals surface area contributed by atoms with Crippen molar-refractivity contribution >= 4 is 0 Å². The zero-order valence-corrected chi connectivity index (χ0v) is 12.0. The monoisotopic (exact) mass is 272 g/mol. The summed E-state index contributed by atoms with van der Waals surface area (Å²) in [6, 6.07) is 4.46. The number of rotatable bonds is 2. The van der Waals surface area contributed by atoms with E-state index in [1.807, 2.05) is 32.2 Å². The molecular formula is C16H20N2O2. The summed E-state index contributed by atoms with van der Waals surface area (Å²) in [7, 11) is 0. The largest absolute Gasteiger partial charge is 0.507 e. The van der Waals surface area contributed by atoms with E-state index in [1.165, 1.54) is 0 Å². The second kappa shape index (κ2) is 5.29. The van der Waals surface area contributed by atoms with Gasteiger partial charge in [0.05, 0.1) is 12.2 Å². The van der Waals surface area contributed by atoms with Crippen molar-refractivity contribution in [1.82, 2.24) is 9.78 Å². The van der Waals surface area contributed by atoms with Crippen LogP contribution >= 0.6 is 0 Å². The van der Waals surface area contributed by atoms with Gasteiger partial charge in [0, 0.05) is 25.0 Å². The van der Waals surface area contributed by atoms with Crippen LogP contribution in [0.25, 0.3) is 11.1 Å². The first-order valence-electron chi connectivity index (χ1n) is 7.07. The molecule has 2 heterocycles. The molecule has 2 aromatic rings. The van der Waals surface area contributed by atoms with Gasteiger partial charge in [-0.15, -0.1) is 0 Å². The van der Waals surface area contributed by atoms with Gasteiger partial charge in [0.15, 0.2) is 0 Å². The third-order valence-electron chi connectivity index (χ3n) is 3.99. The standard InChI is InChI=1S/C16H20N2O2/c1-11-7-13(8-12(2)16(11)19)14-9-17-18(10-14)15-3-5-20-6-4-15/h7-10,15,19H,3-6H2,1-2H3. The van der Waals surface area contributed by atoms with Crippen LogP contribution in [0.1, 0.15) is 30.0 Å². The first kappa shape index (κ1) is 13.2. The molecule has 1 aliphatic rings. The fourth-order valence-corrected chi connectivity index (χ4v) is 2.76. The number of aryl methyl sites for hydroxylation is 2. The fraction of sp³-hybridized carbons (Fsp3) is 0.438. The molecule has 4 nitrogen and oxygen atoms in total. The minimum absolute atomic E-state index is 0.380. The molecule has 0 radical (unpaired) electrons. The maximum Gasteiger partial charge on any atom is 0.121 e. The van der Waals surface area contributed by atoms with E-state index in [0.717, 1.165) is 48.3 Å². The van der Waals surface area contributed by atoms with Gasteiger partial charge in [-0.1, -0.05) is 0 Å². The maximum atomic E-state index is 9.85. The van der Waals surface area contributed by atoms with Gasteiger partial charge in [-0.05, 0) is 55.5 Å². The van der Waals surface area contributed by atoms with Crippen LogP contribution in [0.15, 0.2) is 24.5 Å². The second-order valence-corrected chi connectivity index (χ2v) is 5.51. The van der Waals surface area contributed by atoms with Gasteiger partial charge < -0.3 is 9.84 Å². The molecule has 0 spiro atoms. The summed E-state index contributed by atoms with van der Waals surface area (Å²) >= 11 is 0. The average Bonchev–Trinajstić information content (AvgIpc) is 2.95. The number of nitrogens with zero attached hydrogens (tertiary/aromatic N) is 2. The highest BCUT2D eigenvalue weighted by Crippen LogP contribution is 2.30. The first-order valence-corrected chi connectivity index (χ1v) is 7.07. The smallest absolute Gasteiger partial charge is 0.121 e. The number of hydrogen-bond acceptors (Lipinski definition) is 3. The van der Waals surface area contributed by atoms with Crippen molar-refractivity contribution in [2.45, 2.75) is 32.7 Å². The second-order valence-electron chi connectivity index (χ2n) is 5.51. The number of hydrogen-bond donors (Lipinski definition) is 1. The third-order valence-corrected chi connectivity index (χ3v) is 3.99. The molecule has 20 heavy (non-hydrogen) atoms. The molecule has 0 bridgehead atoms. The van der Waals surface area contributed by atoms with Crippen LogP contribution in [-0.2, 0) is 4.74 Å². The van der Waals surface area contributed by atoms with Gasteiger partial charge in [-0.25, -0.2) is 0 Å². The fourth-order valence-electron chi connectivity index (χ4n) is 2.76. The van der Waals surface area contributed by atoms with Gasteiger partial charge in [-0.3, -0.25) is 4.68 Å². The summed E-state index contributed by atoms with van der Waals surface area (Å²) < 4.78 is 7.44. The van der Waals surface area contributed by atoms with E-state index in [4.69, 9.17) is 4.74 Å². The van der Waals surface area contributed by atoms with Crippen molar-refractivity contribution in [3.63, 3.8) is 0 Å². The third kappa shape index (κ3) is 2.43. The lowest BCUT2D eigenvalue weighted by Crippen LogP contribution is -2.19. The van der Waals surface area contributed by atoms with Crippen molar-refractivity contribution < 1.29 is 9.84 Å². The molecule has 4 heteroatoms. The van der Waals surface area contributed by atoms with Crippen LogP contribution in [-0.4, -0.2) is 28.1 Å². The minimum Gasteiger partial charge on any atom is -0.507 e. The highest BCUT2D eigenvalue weighted by atomic mass is 16.5. The number of phenols is 1. The first-order chi connectivity index (χ1) is 9.65. The number of benzene rings is 1. The van der Waals surface area contributed by atoms with Crippen LogP contribution in [0, 0.1) is 13.8 Å². The molecule has 0 atom stereocenters. The Kier molecular flexibility index (Phi) is 3.49. The van der Waals surface area contributed by atoms with Gasteiger partial charge in [-0.2, -0.15) is 5.10 Å². The number of aromatic hydroxyl groups is 1. The molecule has 0 aliphatic carbocycles. The Morgan fingerprint density at radius 1 is 1.15 bits per heavy atom. The van der Waals surface area contributed by atoms with Gasteiger partial charge in [0.25, 0.3) is 0 Å². The number of ether oxygens (including phenoxy) is 1. The molecule has 1 saturated heterocycles. The lowest BCUT2D eigenvalue weighted by molar-refractivity contribution is 0.0662. The Bertz CT molecular complexity index is 590. The van der Waals surface area contributed by atoms with Crippen LogP contribution in [0.5, 0.6) is 5.75 Å². The Morgan fingerprint density at radius 2 is 1.80 bits per heavy atom. The molecule has 1 N–H and O–H groups in total. The van der Waals surface area contributed by atoms with Crippen molar-refractivity contribution in [3.8, 4) is 16.9 Å². The van der Waals surface area contributed by atoms with E-state index in [0.29, 0.717) is 11.8 Å². The molecule has 1 aromatic carbocycles. The van der Waals surface area contributed by atoms with E-state index in [2.05, 4.69) is 16.0 Å². The van der Waals surface area contributed by atoms with Gasteiger partial charge in [0.2, 0.25) is 0 Å². The number of phenolic OH excluding ortho intramolecular Hbond substituents is 1. The number of aromatic nitrogens is 2. The zero-order chi connectivity index (χ0) is 14.1. The Hall–Kier alpha value is -1.81. The minimum atomic E-state index is 0.380. The summed E-state index contributed by atoms with van der Waals surface area (Å²) in [6.07, 6.45) is 6.05. The molecule has 0 saturated carbocycles. The summed E-state index contributed by atoms with van der Waals surface area (Å²) in [6.45, 7) is 5.48. The summed E-state index contributed by atoms with van der Waals surface area (Å²) in [5.74, 6) is 0.380. The van der Waals surface area contributed by atoms with Crippen molar-refractivity contribution in [2.75, 3.05) is 13.2 Å². The predicted octanol–water partition coefficient (Wildman–Crippen LogP) is 3.22. The van der Waals surface area contributed by atoms with Crippen LogP contribution < -0.4 is 0 Å². The molecule has 1 fully saturated rings. The van der Waals surface area contributed by atoms with E-state index >= 15 is 0 Å². The Morgan fingerprint density at radius 3 is 2.45 bits per heavy atom. The van der Waals surface area contributed by atoms with Crippen LogP contribution in [0.3, 0.4) is 0 Å². The average molecular weight is 272 g/mol. The Labute approximate surface area is 119 Å². The molecule has 3 rings (SSSR count). The summed E-state index contributed by atoms with van der Waals surface area (Å²) in [5, 5.41) is 14.3. The topological polar surface area (TPSA) is 47.3 Å². The van der Waals surface area contributed by atoms with Crippen LogP contribution in [0.4, 0.5) is 0 Å². The van der Waals surface area contributed by atoms with Gasteiger partial charge in [0.1, 0.15) is 5.75 Å². The van der Waals surface area contributed by atoms with Crippen molar-refractivity contribution in [3.05, 3.63) is 35.7 Å². The lowest BCUT2D eigenvalue weighted by atomic mass is 10.0. The van der Waals surface area contributed by atoms with Crippen molar-refractivity contribution in [1.29, 1.82) is 0 Å². The highest BCUT2D eigenvalue weighted by molar-refractivity contribution is 5.65. The SMILES string of the molecule is Cc1cc(-c2cnn(C3CCOCC3)c2)cc(C)c1O. The summed E-state index contributed by atoms with van der Waals surface area (Å²) in [4.78, 5) is 0. The zero-order valence-electron chi connectivity index (χ0n) is 12.0. The lowest BCUT2D eigenvalue weighted by Gasteiger charge is -2.22. The highest BCUT2D eigenvalue weighted by Gasteiger charge is 2.17. The maximum absolute atomic E-state index is 9.85. The van der Waals surface area contributed by atoms with E-state index in [-0.39, 0.29) is 0 Å². The van der Waals surface area contributed by atoms with Crippen molar-refractivity contribution in [2.24, 2.45) is 0 Å².